The summed E-state index contributed by atoms with van der Waals surface area (Å²) in [4.78, 5) is 2.49. The van der Waals surface area contributed by atoms with Gasteiger partial charge in [-0.05, 0) is 45.0 Å². The van der Waals surface area contributed by atoms with Crippen molar-refractivity contribution in [2.75, 3.05) is 0 Å². The number of rotatable bonds is 3. The van der Waals surface area contributed by atoms with E-state index in [-0.39, 0.29) is 0 Å². The Balaban J connectivity index is 1.97. The molecule has 0 bridgehead atoms. The number of benzene rings is 2. The summed E-state index contributed by atoms with van der Waals surface area (Å²) < 4.78 is 2.02. The molecule has 1 aromatic heterocycles. The molecule has 0 aliphatic carbocycles. The zero-order valence-corrected chi connectivity index (χ0v) is 13.3. The van der Waals surface area contributed by atoms with E-state index in [1.807, 2.05) is 22.9 Å². The molecule has 0 amide bonds. The van der Waals surface area contributed by atoms with E-state index in [0.29, 0.717) is 0 Å². The quantitative estimate of drug-likeness (QED) is 0.680. The van der Waals surface area contributed by atoms with Gasteiger partial charge in [-0.3, -0.25) is 0 Å². The second-order valence-electron chi connectivity index (χ2n) is 5.16. The molecule has 106 valence electrons. The lowest BCUT2D eigenvalue weighted by Gasteiger charge is -2.05. The molecule has 0 fully saturated rings. The van der Waals surface area contributed by atoms with Crippen molar-refractivity contribution in [2.24, 2.45) is 0 Å². The maximum atomic E-state index is 4.69. The second-order valence-corrected chi connectivity index (χ2v) is 6.25. The molecule has 0 aliphatic rings. The molecule has 0 N–H and O–H groups in total. The van der Waals surface area contributed by atoms with Crippen LogP contribution >= 0.6 is 11.8 Å². The molecule has 0 saturated heterocycles. The van der Waals surface area contributed by atoms with E-state index in [4.69, 9.17) is 0 Å². The smallest absolute Gasteiger partial charge is 0.0740 e. The van der Waals surface area contributed by atoms with Crippen LogP contribution in [-0.4, -0.2) is 9.78 Å². The Morgan fingerprint density at radius 2 is 1.52 bits per heavy atom. The first-order chi connectivity index (χ1) is 10.1. The first-order valence-corrected chi connectivity index (χ1v) is 7.83. The van der Waals surface area contributed by atoms with Gasteiger partial charge in [-0.25, -0.2) is 4.68 Å². The monoisotopic (exact) mass is 294 g/mol. The number of aryl methyl sites for hydroxylation is 2. The fourth-order valence-corrected chi connectivity index (χ4v) is 3.25. The van der Waals surface area contributed by atoms with Crippen molar-refractivity contribution in [3.63, 3.8) is 0 Å². The third-order valence-corrected chi connectivity index (χ3v) is 4.77. The zero-order valence-electron chi connectivity index (χ0n) is 12.5. The average molecular weight is 294 g/mol. The van der Waals surface area contributed by atoms with Gasteiger partial charge in [0.25, 0.3) is 0 Å². The van der Waals surface area contributed by atoms with Gasteiger partial charge < -0.3 is 0 Å². The summed E-state index contributed by atoms with van der Waals surface area (Å²) >= 11 is 1.78. The SMILES string of the molecule is Cc1ccc(Sc2c(C)nn(-c3ccccc3)c2C)cc1. The van der Waals surface area contributed by atoms with Crippen LogP contribution in [0.5, 0.6) is 0 Å². The molecule has 0 saturated carbocycles. The molecule has 21 heavy (non-hydrogen) atoms. The van der Waals surface area contributed by atoms with Gasteiger partial charge in [0.1, 0.15) is 0 Å². The maximum absolute atomic E-state index is 4.69. The van der Waals surface area contributed by atoms with Gasteiger partial charge in [-0.2, -0.15) is 5.10 Å². The summed E-state index contributed by atoms with van der Waals surface area (Å²) in [6.07, 6.45) is 0. The van der Waals surface area contributed by atoms with Crippen LogP contribution in [0.1, 0.15) is 17.0 Å². The Labute approximate surface area is 129 Å². The fourth-order valence-electron chi connectivity index (χ4n) is 2.32. The molecule has 1 heterocycles. The van der Waals surface area contributed by atoms with Crippen molar-refractivity contribution in [2.45, 2.75) is 30.6 Å². The topological polar surface area (TPSA) is 17.8 Å². The number of hydrogen-bond donors (Lipinski definition) is 0. The third kappa shape index (κ3) is 2.88. The fraction of sp³-hybridized carbons (Fsp3) is 0.167. The van der Waals surface area contributed by atoms with Crippen LogP contribution in [0.25, 0.3) is 5.69 Å². The van der Waals surface area contributed by atoms with Gasteiger partial charge >= 0.3 is 0 Å². The maximum Gasteiger partial charge on any atom is 0.0740 e. The summed E-state index contributed by atoms with van der Waals surface area (Å²) in [5.74, 6) is 0. The summed E-state index contributed by atoms with van der Waals surface area (Å²) in [7, 11) is 0. The highest BCUT2D eigenvalue weighted by Gasteiger charge is 2.13. The molecule has 3 heteroatoms. The number of nitrogens with zero attached hydrogens (tertiary/aromatic N) is 2. The van der Waals surface area contributed by atoms with Crippen molar-refractivity contribution in [3.8, 4) is 5.69 Å². The molecule has 0 radical (unpaired) electrons. The summed E-state index contributed by atoms with van der Waals surface area (Å²) in [5.41, 5.74) is 4.65. The van der Waals surface area contributed by atoms with Crippen LogP contribution in [0, 0.1) is 20.8 Å². The standard InChI is InChI=1S/C18H18N2S/c1-13-9-11-17(12-10-13)21-18-14(2)19-20(15(18)3)16-7-5-4-6-8-16/h4-12H,1-3H3. The highest BCUT2D eigenvalue weighted by atomic mass is 32.2. The van der Waals surface area contributed by atoms with E-state index in [1.54, 1.807) is 11.8 Å². The zero-order chi connectivity index (χ0) is 14.8. The van der Waals surface area contributed by atoms with Crippen molar-refractivity contribution in [1.29, 1.82) is 0 Å². The van der Waals surface area contributed by atoms with E-state index in [2.05, 4.69) is 62.3 Å². The third-order valence-electron chi connectivity index (χ3n) is 3.47. The summed E-state index contributed by atoms with van der Waals surface area (Å²) in [6.45, 7) is 6.31. The van der Waals surface area contributed by atoms with Gasteiger partial charge in [-0.15, -0.1) is 0 Å². The minimum atomic E-state index is 1.07. The molecule has 0 spiro atoms. The van der Waals surface area contributed by atoms with E-state index < -0.39 is 0 Å². The Morgan fingerprint density at radius 3 is 2.19 bits per heavy atom. The minimum absolute atomic E-state index is 1.07. The molecule has 2 nitrogen and oxygen atoms in total. The van der Waals surface area contributed by atoms with Crippen LogP contribution in [0.3, 0.4) is 0 Å². The van der Waals surface area contributed by atoms with Crippen molar-refractivity contribution < 1.29 is 0 Å². The van der Waals surface area contributed by atoms with Crippen molar-refractivity contribution in [3.05, 3.63) is 71.5 Å². The van der Waals surface area contributed by atoms with Crippen LogP contribution < -0.4 is 0 Å². The van der Waals surface area contributed by atoms with Crippen molar-refractivity contribution in [1.82, 2.24) is 9.78 Å². The van der Waals surface area contributed by atoms with E-state index >= 15 is 0 Å². The summed E-state index contributed by atoms with van der Waals surface area (Å²) in [6, 6.07) is 18.9. The van der Waals surface area contributed by atoms with Crippen LogP contribution in [0.4, 0.5) is 0 Å². The number of para-hydroxylation sites is 1. The van der Waals surface area contributed by atoms with Crippen molar-refractivity contribution >= 4 is 11.8 Å². The molecule has 3 rings (SSSR count). The molecule has 3 aromatic rings. The Bertz CT molecular complexity index is 743. The lowest BCUT2D eigenvalue weighted by Crippen LogP contribution is -1.98. The van der Waals surface area contributed by atoms with E-state index in [9.17, 15) is 0 Å². The molecular formula is C18H18N2S. The second kappa shape index (κ2) is 5.78. The predicted octanol–water partition coefficient (Wildman–Crippen LogP) is 4.95. The molecular weight excluding hydrogens is 276 g/mol. The molecule has 2 aromatic carbocycles. The molecule has 0 aliphatic heterocycles. The van der Waals surface area contributed by atoms with Gasteiger partial charge in [0, 0.05) is 4.90 Å². The summed E-state index contributed by atoms with van der Waals surface area (Å²) in [5, 5.41) is 4.69. The highest BCUT2D eigenvalue weighted by Crippen LogP contribution is 2.33. The predicted molar refractivity (Wildman–Crippen MR) is 88.3 cm³/mol. The molecule has 0 atom stereocenters. The number of hydrogen-bond acceptors (Lipinski definition) is 2. The highest BCUT2D eigenvalue weighted by molar-refractivity contribution is 7.99. The largest absolute Gasteiger partial charge is 0.237 e. The first-order valence-electron chi connectivity index (χ1n) is 7.01. The normalized spacial score (nSPS) is 10.8. The molecule has 0 unspecified atom stereocenters. The van der Waals surface area contributed by atoms with Crippen LogP contribution in [0.2, 0.25) is 0 Å². The number of aromatic nitrogens is 2. The first kappa shape index (κ1) is 14.0. The van der Waals surface area contributed by atoms with E-state index in [0.717, 1.165) is 11.4 Å². The van der Waals surface area contributed by atoms with Gasteiger partial charge in [-0.1, -0.05) is 47.7 Å². The van der Waals surface area contributed by atoms with Crippen LogP contribution in [-0.2, 0) is 0 Å². The average Bonchev–Trinajstić information content (AvgIpc) is 2.78. The lowest BCUT2D eigenvalue weighted by molar-refractivity contribution is 0.832. The minimum Gasteiger partial charge on any atom is -0.237 e. The van der Waals surface area contributed by atoms with Crippen LogP contribution in [0.15, 0.2) is 64.4 Å². The van der Waals surface area contributed by atoms with Gasteiger partial charge in [0.05, 0.1) is 22.0 Å². The van der Waals surface area contributed by atoms with Gasteiger partial charge in [0.2, 0.25) is 0 Å². The Kier molecular flexibility index (Phi) is 3.84. The lowest BCUT2D eigenvalue weighted by atomic mass is 10.2. The Morgan fingerprint density at radius 1 is 0.857 bits per heavy atom. The van der Waals surface area contributed by atoms with E-state index in [1.165, 1.54) is 21.0 Å². The Hall–Kier alpha value is -2.00. The van der Waals surface area contributed by atoms with Gasteiger partial charge in [0.15, 0.2) is 0 Å².